The highest BCUT2D eigenvalue weighted by Gasteiger charge is 2.39. The Hall–Kier alpha value is -1.43. The number of hydrogen-bond donors (Lipinski definition) is 1. The molecule has 1 unspecified atom stereocenters. The highest BCUT2D eigenvalue weighted by molar-refractivity contribution is 5.39. The molecule has 1 aromatic rings. The Bertz CT molecular complexity index is 392. The smallest absolute Gasteiger partial charge is 0.418 e. The molecule has 0 bridgehead atoms. The second-order valence-electron chi connectivity index (χ2n) is 4.38. The Morgan fingerprint density at radius 3 is 1.80 bits per heavy atom. The molecule has 1 atom stereocenters. The number of aliphatic hydroxyl groups excluding tert-OH is 1. The Morgan fingerprint density at radius 1 is 1.00 bits per heavy atom. The summed E-state index contributed by atoms with van der Waals surface area (Å²) in [5.41, 5.74) is -0.280. The lowest BCUT2D eigenvalue weighted by Gasteiger charge is -2.17. The van der Waals surface area contributed by atoms with Gasteiger partial charge in [-0.3, -0.25) is 0 Å². The van der Waals surface area contributed by atoms with E-state index in [1.165, 1.54) is 18.2 Å². The molecular weight excluding hydrogens is 273 g/mol. The first-order chi connectivity index (χ1) is 9.38. The third-order valence-corrected chi connectivity index (χ3v) is 2.47. The van der Waals surface area contributed by atoms with Gasteiger partial charge < -0.3 is 14.6 Å². The van der Waals surface area contributed by atoms with E-state index in [0.717, 1.165) is 12.8 Å². The van der Waals surface area contributed by atoms with E-state index in [1.807, 2.05) is 13.8 Å². The zero-order valence-electron chi connectivity index (χ0n) is 11.5. The van der Waals surface area contributed by atoms with Crippen molar-refractivity contribution in [3.63, 3.8) is 0 Å². The van der Waals surface area contributed by atoms with Crippen molar-refractivity contribution in [3.05, 3.63) is 23.8 Å². The average molecular weight is 292 g/mol. The molecule has 1 N–H and O–H groups in total. The summed E-state index contributed by atoms with van der Waals surface area (Å²) in [7, 11) is 0. The third-order valence-electron chi connectivity index (χ3n) is 2.47. The summed E-state index contributed by atoms with van der Waals surface area (Å²) < 4.78 is 48.4. The van der Waals surface area contributed by atoms with Gasteiger partial charge in [-0.1, -0.05) is 13.8 Å². The number of benzene rings is 1. The summed E-state index contributed by atoms with van der Waals surface area (Å²) in [6.07, 6.45) is -5.79. The van der Waals surface area contributed by atoms with Crippen molar-refractivity contribution in [2.45, 2.75) is 39.0 Å². The van der Waals surface area contributed by atoms with Crippen LogP contribution in [0.1, 0.15) is 38.4 Å². The van der Waals surface area contributed by atoms with E-state index >= 15 is 0 Å². The van der Waals surface area contributed by atoms with Gasteiger partial charge in [0.15, 0.2) is 6.10 Å². The minimum absolute atomic E-state index is 0.263. The molecule has 0 radical (unpaired) electrons. The minimum Gasteiger partial charge on any atom is -0.493 e. The van der Waals surface area contributed by atoms with Crippen LogP contribution in [0.4, 0.5) is 13.2 Å². The molecule has 0 heterocycles. The Morgan fingerprint density at radius 2 is 1.45 bits per heavy atom. The van der Waals surface area contributed by atoms with E-state index in [-0.39, 0.29) is 17.1 Å². The largest absolute Gasteiger partial charge is 0.493 e. The number of aliphatic hydroxyl groups is 1. The zero-order valence-corrected chi connectivity index (χ0v) is 11.5. The molecule has 1 aromatic carbocycles. The fourth-order valence-electron chi connectivity index (χ4n) is 1.55. The summed E-state index contributed by atoms with van der Waals surface area (Å²) in [6.45, 7) is 4.56. The zero-order chi connectivity index (χ0) is 15.2. The van der Waals surface area contributed by atoms with Crippen molar-refractivity contribution in [1.82, 2.24) is 0 Å². The Balaban J connectivity index is 3.02. The van der Waals surface area contributed by atoms with Gasteiger partial charge in [0.1, 0.15) is 11.5 Å². The van der Waals surface area contributed by atoms with Gasteiger partial charge in [-0.2, -0.15) is 13.2 Å². The predicted octanol–water partition coefficient (Wildman–Crippen LogP) is 3.86. The first-order valence-electron chi connectivity index (χ1n) is 6.53. The van der Waals surface area contributed by atoms with E-state index in [9.17, 15) is 18.3 Å². The molecule has 0 saturated heterocycles. The van der Waals surface area contributed by atoms with Gasteiger partial charge in [-0.05, 0) is 30.5 Å². The molecule has 0 saturated carbocycles. The van der Waals surface area contributed by atoms with Crippen LogP contribution in [0.2, 0.25) is 0 Å². The fourth-order valence-corrected chi connectivity index (χ4v) is 1.55. The standard InChI is InChI=1S/C14H19F3O3/c1-3-5-19-11-7-10(13(18)14(15,16)17)8-12(9-11)20-6-4-2/h7-9,13,18H,3-6H2,1-2H3. The maximum Gasteiger partial charge on any atom is 0.418 e. The van der Waals surface area contributed by atoms with E-state index in [0.29, 0.717) is 13.2 Å². The SMILES string of the molecule is CCCOc1cc(OCCC)cc(C(O)C(F)(F)F)c1. The molecule has 20 heavy (non-hydrogen) atoms. The maximum atomic E-state index is 12.6. The van der Waals surface area contributed by atoms with Gasteiger partial charge in [0.2, 0.25) is 0 Å². The van der Waals surface area contributed by atoms with Gasteiger partial charge in [0.05, 0.1) is 13.2 Å². The number of halogens is 3. The molecule has 0 spiro atoms. The molecule has 0 aromatic heterocycles. The molecule has 3 nitrogen and oxygen atoms in total. The first-order valence-corrected chi connectivity index (χ1v) is 6.53. The molecule has 0 aliphatic carbocycles. The molecule has 0 fully saturated rings. The predicted molar refractivity (Wildman–Crippen MR) is 69.0 cm³/mol. The minimum atomic E-state index is -4.72. The van der Waals surface area contributed by atoms with Crippen LogP contribution < -0.4 is 9.47 Å². The van der Waals surface area contributed by atoms with Crippen molar-refractivity contribution in [2.75, 3.05) is 13.2 Å². The van der Waals surface area contributed by atoms with Crippen molar-refractivity contribution < 1.29 is 27.8 Å². The van der Waals surface area contributed by atoms with Gasteiger partial charge in [0, 0.05) is 6.07 Å². The molecule has 1 rings (SSSR count). The highest BCUT2D eigenvalue weighted by Crippen LogP contribution is 2.36. The van der Waals surface area contributed by atoms with Crippen molar-refractivity contribution in [1.29, 1.82) is 0 Å². The van der Waals surface area contributed by atoms with Crippen LogP contribution in [-0.4, -0.2) is 24.5 Å². The maximum absolute atomic E-state index is 12.6. The highest BCUT2D eigenvalue weighted by atomic mass is 19.4. The third kappa shape index (κ3) is 4.92. The van der Waals surface area contributed by atoms with Gasteiger partial charge in [0.25, 0.3) is 0 Å². The van der Waals surface area contributed by atoms with Crippen molar-refractivity contribution in [2.24, 2.45) is 0 Å². The molecule has 0 aliphatic heterocycles. The van der Waals surface area contributed by atoms with Crippen LogP contribution in [-0.2, 0) is 0 Å². The molecular formula is C14H19F3O3. The lowest BCUT2D eigenvalue weighted by Crippen LogP contribution is -2.20. The first kappa shape index (κ1) is 16.6. The average Bonchev–Trinajstić information content (AvgIpc) is 2.40. The summed E-state index contributed by atoms with van der Waals surface area (Å²) in [5, 5.41) is 9.32. The lowest BCUT2D eigenvalue weighted by molar-refractivity contribution is -0.206. The lowest BCUT2D eigenvalue weighted by atomic mass is 10.1. The fraction of sp³-hybridized carbons (Fsp3) is 0.571. The second-order valence-corrected chi connectivity index (χ2v) is 4.38. The molecule has 6 heteroatoms. The van der Waals surface area contributed by atoms with Crippen LogP contribution in [0.15, 0.2) is 18.2 Å². The molecule has 0 amide bonds. The van der Waals surface area contributed by atoms with Gasteiger partial charge in [-0.25, -0.2) is 0 Å². The van der Waals surface area contributed by atoms with Crippen LogP contribution in [0.5, 0.6) is 11.5 Å². The monoisotopic (exact) mass is 292 g/mol. The molecule has 0 aliphatic rings. The van der Waals surface area contributed by atoms with E-state index in [2.05, 4.69) is 0 Å². The Labute approximate surface area is 116 Å². The van der Waals surface area contributed by atoms with Crippen molar-refractivity contribution in [3.8, 4) is 11.5 Å². The number of rotatable bonds is 7. The van der Waals surface area contributed by atoms with Crippen LogP contribution in [0, 0.1) is 0 Å². The van der Waals surface area contributed by atoms with E-state index < -0.39 is 12.3 Å². The van der Waals surface area contributed by atoms with Gasteiger partial charge >= 0.3 is 6.18 Å². The second kappa shape index (κ2) is 7.38. The summed E-state index contributed by atoms with van der Waals surface area (Å²) >= 11 is 0. The Kier molecular flexibility index (Phi) is 6.13. The summed E-state index contributed by atoms with van der Waals surface area (Å²) in [4.78, 5) is 0. The normalized spacial score (nSPS) is 13.1. The number of alkyl halides is 3. The van der Waals surface area contributed by atoms with Crippen LogP contribution in [0.3, 0.4) is 0 Å². The summed E-state index contributed by atoms with van der Waals surface area (Å²) in [6, 6.07) is 3.90. The number of hydrogen-bond acceptors (Lipinski definition) is 3. The quantitative estimate of drug-likeness (QED) is 0.829. The van der Waals surface area contributed by atoms with Crippen molar-refractivity contribution >= 4 is 0 Å². The van der Waals surface area contributed by atoms with Gasteiger partial charge in [-0.15, -0.1) is 0 Å². The van der Waals surface area contributed by atoms with E-state index in [1.54, 1.807) is 0 Å². The number of ether oxygens (including phenoxy) is 2. The topological polar surface area (TPSA) is 38.7 Å². The summed E-state index contributed by atoms with van der Waals surface area (Å²) in [5.74, 6) is 0.525. The molecule has 114 valence electrons. The van der Waals surface area contributed by atoms with Crippen LogP contribution in [0.25, 0.3) is 0 Å². The van der Waals surface area contributed by atoms with E-state index in [4.69, 9.17) is 9.47 Å². The van der Waals surface area contributed by atoms with Crippen LogP contribution >= 0.6 is 0 Å².